The van der Waals surface area contributed by atoms with E-state index in [1.807, 2.05) is 11.4 Å². The van der Waals surface area contributed by atoms with Crippen LogP contribution in [0.1, 0.15) is 13.3 Å². The summed E-state index contributed by atoms with van der Waals surface area (Å²) < 4.78 is 59.3. The van der Waals surface area contributed by atoms with Gasteiger partial charge >= 0.3 is 6.18 Å². The second kappa shape index (κ2) is 12.2. The van der Waals surface area contributed by atoms with Gasteiger partial charge in [-0.25, -0.2) is 9.37 Å². The fourth-order valence-corrected chi connectivity index (χ4v) is 4.68. The van der Waals surface area contributed by atoms with Gasteiger partial charge in [0.2, 0.25) is 5.91 Å². The zero-order valence-corrected chi connectivity index (χ0v) is 22.2. The van der Waals surface area contributed by atoms with Crippen molar-refractivity contribution in [3.8, 4) is 17.1 Å². The summed E-state index contributed by atoms with van der Waals surface area (Å²) in [5.41, 5.74) is 0.686. The van der Waals surface area contributed by atoms with Crippen LogP contribution in [0.25, 0.3) is 22.3 Å². The Labute approximate surface area is 228 Å². The third-order valence-electron chi connectivity index (χ3n) is 6.89. The number of benzene rings is 2. The number of aliphatic hydroxyl groups is 1. The van der Waals surface area contributed by atoms with E-state index in [-0.39, 0.29) is 29.1 Å². The van der Waals surface area contributed by atoms with E-state index in [9.17, 15) is 32.3 Å². The Morgan fingerprint density at radius 2 is 1.93 bits per heavy atom. The fraction of sp³-hybridized carbons (Fsp3) is 0.444. The van der Waals surface area contributed by atoms with Gasteiger partial charge in [-0.3, -0.25) is 19.1 Å². The predicted molar refractivity (Wildman–Crippen MR) is 142 cm³/mol. The SMILES string of the molecule is COc1cc(-c2nc3ccc(N4CCCN(CCO)CC4)cc3c(=O)n2CC(=O)N[C@H](C)C(F)(F)F)ccc1F. The highest BCUT2D eigenvalue weighted by molar-refractivity contribution is 5.85. The number of ether oxygens (including phenoxy) is 1. The highest BCUT2D eigenvalue weighted by atomic mass is 19.4. The molecule has 0 saturated carbocycles. The molecule has 1 amide bonds. The van der Waals surface area contributed by atoms with Crippen LogP contribution < -0.4 is 20.5 Å². The zero-order chi connectivity index (χ0) is 29.0. The lowest BCUT2D eigenvalue weighted by molar-refractivity contribution is -0.158. The van der Waals surface area contributed by atoms with Crippen LogP contribution in [0.15, 0.2) is 41.2 Å². The molecular formula is C27H31F4N5O4. The number of rotatable bonds is 8. The molecule has 0 unspecified atom stereocenters. The second-order valence-corrected chi connectivity index (χ2v) is 9.61. The van der Waals surface area contributed by atoms with E-state index in [1.54, 1.807) is 12.1 Å². The van der Waals surface area contributed by atoms with Crippen LogP contribution in [0.5, 0.6) is 5.75 Å². The Kier molecular flexibility index (Phi) is 8.94. The van der Waals surface area contributed by atoms with Gasteiger partial charge in [0.1, 0.15) is 18.4 Å². The topological polar surface area (TPSA) is 99.9 Å². The maximum Gasteiger partial charge on any atom is 0.408 e. The molecule has 2 heterocycles. The number of β-amino-alcohol motifs (C(OH)–C–C–N with tert-alkyl or cyclic N) is 1. The predicted octanol–water partition coefficient (Wildman–Crippen LogP) is 2.78. The summed E-state index contributed by atoms with van der Waals surface area (Å²) in [6.07, 6.45) is -3.81. The van der Waals surface area contributed by atoms with E-state index < -0.39 is 36.0 Å². The van der Waals surface area contributed by atoms with Crippen molar-refractivity contribution in [3.05, 3.63) is 52.6 Å². The number of amides is 1. The molecule has 9 nitrogen and oxygen atoms in total. The third kappa shape index (κ3) is 6.53. The number of carbonyl (C=O) groups excluding carboxylic acids is 1. The highest BCUT2D eigenvalue weighted by Gasteiger charge is 2.37. The number of carbonyl (C=O) groups is 1. The van der Waals surface area contributed by atoms with E-state index >= 15 is 0 Å². The first-order chi connectivity index (χ1) is 19.0. The molecular weight excluding hydrogens is 534 g/mol. The molecule has 0 bridgehead atoms. The van der Waals surface area contributed by atoms with E-state index in [1.165, 1.54) is 19.2 Å². The standard InChI is InChI=1S/C27H31F4N5O4/c1-17(27(29,30)31)32-24(38)16-36-25(18-4-6-21(28)23(14-18)40-2)33-22-7-5-19(15-20(22)26(36)39)35-9-3-8-34(10-11-35)12-13-37/h4-7,14-15,17,37H,3,8-13,16H2,1-2H3,(H,32,38)/t17-/m1/s1. The molecule has 4 rings (SSSR count). The Balaban J connectivity index is 1.77. The molecule has 216 valence electrons. The van der Waals surface area contributed by atoms with E-state index in [2.05, 4.69) is 14.8 Å². The number of hydrogen-bond acceptors (Lipinski definition) is 7. The lowest BCUT2D eigenvalue weighted by Crippen LogP contribution is -2.45. The summed E-state index contributed by atoms with van der Waals surface area (Å²) in [5.74, 6) is -1.83. The molecule has 3 aromatic rings. The number of halogens is 4. The van der Waals surface area contributed by atoms with Gasteiger partial charge in [-0.15, -0.1) is 0 Å². The molecule has 0 aliphatic carbocycles. The molecule has 1 aliphatic rings. The number of alkyl halides is 3. The van der Waals surface area contributed by atoms with Crippen LogP contribution in [0, 0.1) is 5.82 Å². The zero-order valence-electron chi connectivity index (χ0n) is 22.2. The van der Waals surface area contributed by atoms with Crippen molar-refractivity contribution in [1.29, 1.82) is 0 Å². The quantitative estimate of drug-likeness (QED) is 0.406. The van der Waals surface area contributed by atoms with Gasteiger partial charge in [0.05, 0.1) is 24.6 Å². The first-order valence-electron chi connectivity index (χ1n) is 12.8. The molecule has 1 atom stereocenters. The Hall–Kier alpha value is -3.71. The van der Waals surface area contributed by atoms with Gasteiger partial charge in [-0.2, -0.15) is 13.2 Å². The van der Waals surface area contributed by atoms with Crippen molar-refractivity contribution >= 4 is 22.5 Å². The first kappa shape index (κ1) is 29.3. The summed E-state index contributed by atoms with van der Waals surface area (Å²) in [6.45, 7) is 3.66. The number of anilines is 1. The molecule has 1 saturated heterocycles. The van der Waals surface area contributed by atoms with E-state index in [0.29, 0.717) is 18.6 Å². The van der Waals surface area contributed by atoms with Crippen LogP contribution in [0.2, 0.25) is 0 Å². The van der Waals surface area contributed by atoms with Crippen molar-refractivity contribution in [2.75, 3.05) is 51.3 Å². The lowest BCUT2D eigenvalue weighted by atomic mass is 10.1. The largest absolute Gasteiger partial charge is 0.494 e. The van der Waals surface area contributed by atoms with E-state index in [0.717, 1.165) is 49.3 Å². The van der Waals surface area contributed by atoms with Crippen LogP contribution in [0.3, 0.4) is 0 Å². The number of nitrogens with zero attached hydrogens (tertiary/aromatic N) is 4. The molecule has 2 aromatic carbocycles. The molecule has 40 heavy (non-hydrogen) atoms. The number of nitrogens with one attached hydrogen (secondary N) is 1. The van der Waals surface area contributed by atoms with Crippen LogP contribution >= 0.6 is 0 Å². The Morgan fingerprint density at radius 1 is 1.15 bits per heavy atom. The second-order valence-electron chi connectivity index (χ2n) is 9.61. The minimum Gasteiger partial charge on any atom is -0.494 e. The maximum atomic E-state index is 14.1. The van der Waals surface area contributed by atoms with Gasteiger partial charge in [0.15, 0.2) is 11.6 Å². The molecule has 1 fully saturated rings. The van der Waals surface area contributed by atoms with Gasteiger partial charge in [0, 0.05) is 37.4 Å². The average molecular weight is 566 g/mol. The highest BCUT2D eigenvalue weighted by Crippen LogP contribution is 2.28. The maximum absolute atomic E-state index is 14.1. The van der Waals surface area contributed by atoms with E-state index in [4.69, 9.17) is 4.74 Å². The van der Waals surface area contributed by atoms with Gasteiger partial charge in [-0.1, -0.05) is 0 Å². The number of aromatic nitrogens is 2. The fourth-order valence-electron chi connectivity index (χ4n) is 4.68. The molecule has 0 spiro atoms. The van der Waals surface area contributed by atoms with Crippen molar-refractivity contribution in [3.63, 3.8) is 0 Å². The molecule has 1 aliphatic heterocycles. The molecule has 2 N–H and O–H groups in total. The molecule has 0 radical (unpaired) electrons. The summed E-state index contributed by atoms with van der Waals surface area (Å²) in [7, 11) is 1.27. The normalized spacial score (nSPS) is 15.6. The van der Waals surface area contributed by atoms with Crippen molar-refractivity contribution in [2.45, 2.75) is 32.1 Å². The third-order valence-corrected chi connectivity index (χ3v) is 6.89. The average Bonchev–Trinajstić information content (AvgIpc) is 3.15. The van der Waals surface area contributed by atoms with Gasteiger partial charge in [0.25, 0.3) is 5.56 Å². The molecule has 13 heteroatoms. The summed E-state index contributed by atoms with van der Waals surface area (Å²) in [4.78, 5) is 35.2. The number of fused-ring (bicyclic) bond motifs is 1. The Morgan fingerprint density at radius 3 is 2.62 bits per heavy atom. The smallest absolute Gasteiger partial charge is 0.408 e. The van der Waals surface area contributed by atoms with Crippen molar-refractivity contribution < 1.29 is 32.2 Å². The van der Waals surface area contributed by atoms with Crippen LogP contribution in [0.4, 0.5) is 23.2 Å². The lowest BCUT2D eigenvalue weighted by Gasteiger charge is -2.24. The van der Waals surface area contributed by atoms with Crippen LogP contribution in [-0.4, -0.2) is 84.1 Å². The minimum atomic E-state index is -4.66. The number of hydrogen-bond donors (Lipinski definition) is 2. The van der Waals surface area contributed by atoms with Crippen molar-refractivity contribution in [2.24, 2.45) is 0 Å². The van der Waals surface area contributed by atoms with Gasteiger partial charge < -0.3 is 20.1 Å². The Bertz CT molecular complexity index is 1430. The number of aliphatic hydroxyl groups excluding tert-OH is 1. The summed E-state index contributed by atoms with van der Waals surface area (Å²) in [6, 6.07) is 6.80. The monoisotopic (exact) mass is 565 g/mol. The number of methoxy groups -OCH3 is 1. The summed E-state index contributed by atoms with van der Waals surface area (Å²) >= 11 is 0. The van der Waals surface area contributed by atoms with Crippen LogP contribution in [-0.2, 0) is 11.3 Å². The minimum absolute atomic E-state index is 0.0206. The molecule has 1 aromatic heterocycles. The first-order valence-corrected chi connectivity index (χ1v) is 12.8. The van der Waals surface area contributed by atoms with Crippen molar-refractivity contribution in [1.82, 2.24) is 19.8 Å². The summed E-state index contributed by atoms with van der Waals surface area (Å²) in [5, 5.41) is 11.3. The van der Waals surface area contributed by atoms with Gasteiger partial charge in [-0.05, 0) is 56.3 Å².